The summed E-state index contributed by atoms with van der Waals surface area (Å²) in [5.74, 6) is 0.869. The normalized spacial score (nSPS) is 27.2. The van der Waals surface area contributed by atoms with Gasteiger partial charge < -0.3 is 9.84 Å². The van der Waals surface area contributed by atoms with Crippen molar-refractivity contribution >= 4 is 16.9 Å². The van der Waals surface area contributed by atoms with Crippen LogP contribution in [-0.4, -0.2) is 21.6 Å². The third-order valence-corrected chi connectivity index (χ3v) is 4.00. The Morgan fingerprint density at radius 3 is 2.82 bits per heavy atom. The van der Waals surface area contributed by atoms with Crippen LogP contribution in [0, 0.1) is 13.8 Å². The second-order valence-electron chi connectivity index (χ2n) is 4.63. The Hall–Kier alpha value is -0.970. The first kappa shape index (κ1) is 12.5. The second kappa shape index (κ2) is 5.12. The van der Waals surface area contributed by atoms with Gasteiger partial charge in [-0.3, -0.25) is 4.99 Å². The van der Waals surface area contributed by atoms with Gasteiger partial charge in [0.15, 0.2) is 5.17 Å². The predicted molar refractivity (Wildman–Crippen MR) is 71.4 cm³/mol. The summed E-state index contributed by atoms with van der Waals surface area (Å²) in [5, 5.41) is 9.02. The highest BCUT2D eigenvalue weighted by atomic mass is 32.2. The molecule has 0 radical (unpaired) electrons. The van der Waals surface area contributed by atoms with Crippen molar-refractivity contribution in [3.8, 4) is 0 Å². The maximum absolute atomic E-state index is 5.13. The van der Waals surface area contributed by atoms with Gasteiger partial charge in [-0.25, -0.2) is 0 Å². The Morgan fingerprint density at radius 2 is 2.24 bits per heavy atom. The standard InChI is InChI=1S/C12H19N3OS/c1-7-5-8(2)17-12(14-7)13-6-11-9(3)15-16-10(11)4/h7-8H,5-6H2,1-4H3,(H,13,14). The number of hydrogen-bond donors (Lipinski definition) is 1. The Labute approximate surface area is 106 Å². The molecule has 1 fully saturated rings. The minimum atomic E-state index is 0.509. The topological polar surface area (TPSA) is 50.4 Å². The van der Waals surface area contributed by atoms with Crippen LogP contribution in [0.2, 0.25) is 0 Å². The van der Waals surface area contributed by atoms with Crippen LogP contribution in [0.5, 0.6) is 0 Å². The highest BCUT2D eigenvalue weighted by Gasteiger charge is 2.19. The molecule has 17 heavy (non-hydrogen) atoms. The van der Waals surface area contributed by atoms with E-state index in [1.54, 1.807) is 0 Å². The molecule has 1 aromatic rings. The van der Waals surface area contributed by atoms with E-state index in [4.69, 9.17) is 4.52 Å². The number of nitrogens with one attached hydrogen (secondary N) is 1. The van der Waals surface area contributed by atoms with Crippen molar-refractivity contribution in [3.05, 3.63) is 17.0 Å². The van der Waals surface area contributed by atoms with E-state index in [1.807, 2.05) is 25.6 Å². The molecule has 0 aromatic carbocycles. The number of aliphatic imine (C=N–C) groups is 1. The first-order valence-electron chi connectivity index (χ1n) is 5.95. The molecule has 4 nitrogen and oxygen atoms in total. The summed E-state index contributed by atoms with van der Waals surface area (Å²) in [7, 11) is 0. The van der Waals surface area contributed by atoms with Gasteiger partial charge in [0.05, 0.1) is 12.2 Å². The number of aromatic nitrogens is 1. The van der Waals surface area contributed by atoms with Crippen LogP contribution in [0.3, 0.4) is 0 Å². The Morgan fingerprint density at radius 1 is 1.47 bits per heavy atom. The summed E-state index contributed by atoms with van der Waals surface area (Å²) in [6.45, 7) is 8.98. The molecule has 2 heterocycles. The maximum Gasteiger partial charge on any atom is 0.157 e. The molecule has 5 heteroatoms. The van der Waals surface area contributed by atoms with Crippen molar-refractivity contribution in [3.63, 3.8) is 0 Å². The minimum absolute atomic E-state index is 0.509. The van der Waals surface area contributed by atoms with E-state index in [0.717, 1.165) is 22.2 Å². The van der Waals surface area contributed by atoms with E-state index in [0.29, 0.717) is 17.8 Å². The monoisotopic (exact) mass is 253 g/mol. The SMILES string of the molecule is Cc1noc(C)c1CN=C1NC(C)CC(C)S1. The molecule has 1 N–H and O–H groups in total. The van der Waals surface area contributed by atoms with Crippen LogP contribution in [0.15, 0.2) is 9.52 Å². The maximum atomic E-state index is 5.13. The molecular formula is C12H19N3OS. The molecule has 0 bridgehead atoms. The third kappa shape index (κ3) is 3.03. The van der Waals surface area contributed by atoms with Crippen molar-refractivity contribution in [2.75, 3.05) is 0 Å². The molecule has 0 aliphatic carbocycles. The van der Waals surface area contributed by atoms with Gasteiger partial charge in [0.1, 0.15) is 5.76 Å². The zero-order valence-electron chi connectivity index (χ0n) is 10.8. The lowest BCUT2D eigenvalue weighted by atomic mass is 10.2. The number of aryl methyl sites for hydroxylation is 2. The van der Waals surface area contributed by atoms with Gasteiger partial charge >= 0.3 is 0 Å². The fourth-order valence-electron chi connectivity index (χ4n) is 2.00. The van der Waals surface area contributed by atoms with Crippen molar-refractivity contribution in [2.45, 2.75) is 52.0 Å². The third-order valence-electron chi connectivity index (χ3n) is 2.93. The van der Waals surface area contributed by atoms with Gasteiger partial charge in [0.2, 0.25) is 0 Å². The molecule has 2 unspecified atom stereocenters. The summed E-state index contributed by atoms with van der Waals surface area (Å²) >= 11 is 1.81. The average molecular weight is 253 g/mol. The molecule has 0 amide bonds. The van der Waals surface area contributed by atoms with Gasteiger partial charge in [-0.05, 0) is 27.2 Å². The quantitative estimate of drug-likeness (QED) is 0.880. The molecule has 1 aromatic heterocycles. The van der Waals surface area contributed by atoms with Crippen molar-refractivity contribution in [1.82, 2.24) is 10.5 Å². The van der Waals surface area contributed by atoms with Gasteiger partial charge in [-0.2, -0.15) is 0 Å². The lowest BCUT2D eigenvalue weighted by molar-refractivity contribution is 0.392. The molecule has 0 spiro atoms. The zero-order valence-corrected chi connectivity index (χ0v) is 11.6. The minimum Gasteiger partial charge on any atom is -0.362 e. The van der Waals surface area contributed by atoms with Crippen LogP contribution >= 0.6 is 11.8 Å². The summed E-state index contributed by atoms with van der Waals surface area (Å²) in [6.07, 6.45) is 1.19. The molecule has 1 aliphatic rings. The summed E-state index contributed by atoms with van der Waals surface area (Å²) in [4.78, 5) is 4.62. The van der Waals surface area contributed by atoms with Crippen LogP contribution in [0.1, 0.15) is 37.3 Å². The smallest absolute Gasteiger partial charge is 0.157 e. The van der Waals surface area contributed by atoms with E-state index in [1.165, 1.54) is 6.42 Å². The number of nitrogens with zero attached hydrogens (tertiary/aromatic N) is 2. The highest BCUT2D eigenvalue weighted by Crippen LogP contribution is 2.23. The zero-order chi connectivity index (χ0) is 12.4. The fraction of sp³-hybridized carbons (Fsp3) is 0.667. The fourth-order valence-corrected chi connectivity index (χ4v) is 3.18. The predicted octanol–water partition coefficient (Wildman–Crippen LogP) is 2.65. The molecule has 0 saturated carbocycles. The van der Waals surface area contributed by atoms with Crippen LogP contribution in [0.4, 0.5) is 0 Å². The van der Waals surface area contributed by atoms with Gasteiger partial charge in [-0.15, -0.1) is 0 Å². The molecular weight excluding hydrogens is 234 g/mol. The van der Waals surface area contributed by atoms with Crippen LogP contribution < -0.4 is 5.32 Å². The van der Waals surface area contributed by atoms with E-state index >= 15 is 0 Å². The van der Waals surface area contributed by atoms with E-state index in [2.05, 4.69) is 29.3 Å². The van der Waals surface area contributed by atoms with Crippen molar-refractivity contribution in [2.24, 2.45) is 4.99 Å². The molecule has 1 saturated heterocycles. The average Bonchev–Trinajstić information content (AvgIpc) is 2.55. The van der Waals surface area contributed by atoms with Crippen LogP contribution in [-0.2, 0) is 6.54 Å². The lowest BCUT2D eigenvalue weighted by Gasteiger charge is -2.26. The van der Waals surface area contributed by atoms with Crippen molar-refractivity contribution in [1.29, 1.82) is 0 Å². The Kier molecular flexibility index (Phi) is 3.76. The Balaban J connectivity index is 2.05. The number of hydrogen-bond acceptors (Lipinski definition) is 4. The number of amidine groups is 1. The number of rotatable bonds is 2. The second-order valence-corrected chi connectivity index (χ2v) is 6.06. The van der Waals surface area contributed by atoms with Crippen molar-refractivity contribution < 1.29 is 4.52 Å². The summed E-state index contributed by atoms with van der Waals surface area (Å²) < 4.78 is 5.13. The molecule has 1 aliphatic heterocycles. The summed E-state index contributed by atoms with van der Waals surface area (Å²) in [6, 6.07) is 0.509. The molecule has 94 valence electrons. The van der Waals surface area contributed by atoms with Gasteiger partial charge in [0, 0.05) is 16.9 Å². The van der Waals surface area contributed by atoms with Gasteiger partial charge in [0.25, 0.3) is 0 Å². The van der Waals surface area contributed by atoms with Crippen LogP contribution in [0.25, 0.3) is 0 Å². The van der Waals surface area contributed by atoms with E-state index in [-0.39, 0.29) is 0 Å². The van der Waals surface area contributed by atoms with E-state index < -0.39 is 0 Å². The first-order chi connectivity index (χ1) is 8.06. The van der Waals surface area contributed by atoms with Gasteiger partial charge in [-0.1, -0.05) is 23.8 Å². The summed E-state index contributed by atoms with van der Waals surface area (Å²) in [5.41, 5.74) is 2.04. The lowest BCUT2D eigenvalue weighted by Crippen LogP contribution is -2.38. The first-order valence-corrected chi connectivity index (χ1v) is 6.83. The Bertz CT molecular complexity index is 396. The van der Waals surface area contributed by atoms with E-state index in [9.17, 15) is 0 Å². The molecule has 2 atom stereocenters. The largest absolute Gasteiger partial charge is 0.362 e. The number of thioether (sulfide) groups is 1. The molecule has 2 rings (SSSR count). The highest BCUT2D eigenvalue weighted by molar-refractivity contribution is 8.14.